The Kier molecular flexibility index (Phi) is 4.12. The molecule has 0 aromatic heterocycles. The molecule has 1 rings (SSSR count). The Morgan fingerprint density at radius 3 is 2.60 bits per heavy atom. The van der Waals surface area contributed by atoms with Gasteiger partial charge in [0.1, 0.15) is 0 Å². The van der Waals surface area contributed by atoms with Crippen molar-refractivity contribution in [1.82, 2.24) is 0 Å². The van der Waals surface area contributed by atoms with E-state index < -0.39 is 0 Å². The van der Waals surface area contributed by atoms with Crippen LogP contribution in [0.4, 0.5) is 5.69 Å². The van der Waals surface area contributed by atoms with Crippen LogP contribution < -0.4 is 4.90 Å². The minimum Gasteiger partial charge on any atom is -0.392 e. The summed E-state index contributed by atoms with van der Waals surface area (Å²) in [4.78, 5) is 1.95. The highest BCUT2D eigenvalue weighted by Crippen LogP contribution is 2.21. The molecule has 0 saturated heterocycles. The quantitative estimate of drug-likeness (QED) is 0.785. The fraction of sp³-hybridized carbons (Fsp3) is 0.500. The van der Waals surface area contributed by atoms with E-state index in [1.807, 2.05) is 37.1 Å². The number of nitrogens with zero attached hydrogens (tertiary/aromatic N) is 1. The smallest absolute Gasteiger partial charge is 0.0702 e. The van der Waals surface area contributed by atoms with Crippen molar-refractivity contribution < 1.29 is 10.2 Å². The fourth-order valence-electron chi connectivity index (χ4n) is 1.71. The van der Waals surface area contributed by atoms with Crippen LogP contribution in [-0.4, -0.2) is 29.9 Å². The predicted octanol–water partition coefficient (Wildman–Crippen LogP) is 1.30. The molecule has 3 nitrogen and oxygen atoms in total. The highest BCUT2D eigenvalue weighted by molar-refractivity contribution is 5.54. The summed E-state index contributed by atoms with van der Waals surface area (Å²) in [5.74, 6) is 0. The molecule has 0 heterocycles. The standard InChI is InChI=1S/C12H19NO2/c1-9-4-5-12(11(6-9)8-14)13(3)7-10(2)15/h4-6,10,14-15H,7-8H2,1-3H3. The van der Waals surface area contributed by atoms with E-state index >= 15 is 0 Å². The molecule has 0 saturated carbocycles. The first-order valence-electron chi connectivity index (χ1n) is 5.14. The molecular weight excluding hydrogens is 190 g/mol. The zero-order valence-corrected chi connectivity index (χ0v) is 9.57. The topological polar surface area (TPSA) is 43.7 Å². The van der Waals surface area contributed by atoms with Crippen LogP contribution in [0.25, 0.3) is 0 Å². The highest BCUT2D eigenvalue weighted by atomic mass is 16.3. The molecule has 0 aliphatic heterocycles. The van der Waals surface area contributed by atoms with E-state index in [0.29, 0.717) is 6.54 Å². The summed E-state index contributed by atoms with van der Waals surface area (Å²) in [6.45, 7) is 4.35. The first kappa shape index (κ1) is 12.0. The molecule has 1 atom stereocenters. The third-order valence-corrected chi connectivity index (χ3v) is 2.35. The van der Waals surface area contributed by atoms with Crippen molar-refractivity contribution in [3.05, 3.63) is 29.3 Å². The Morgan fingerprint density at radius 1 is 1.40 bits per heavy atom. The Morgan fingerprint density at radius 2 is 2.07 bits per heavy atom. The maximum Gasteiger partial charge on any atom is 0.0702 e. The van der Waals surface area contributed by atoms with E-state index in [-0.39, 0.29) is 12.7 Å². The summed E-state index contributed by atoms with van der Waals surface area (Å²) < 4.78 is 0. The Hall–Kier alpha value is -1.06. The van der Waals surface area contributed by atoms with Crippen molar-refractivity contribution in [2.45, 2.75) is 26.6 Å². The lowest BCUT2D eigenvalue weighted by Crippen LogP contribution is -2.27. The average molecular weight is 209 g/mol. The van der Waals surface area contributed by atoms with Crippen molar-refractivity contribution in [3.63, 3.8) is 0 Å². The van der Waals surface area contributed by atoms with Gasteiger partial charge in [-0.1, -0.05) is 17.7 Å². The van der Waals surface area contributed by atoms with E-state index in [4.69, 9.17) is 0 Å². The van der Waals surface area contributed by atoms with Gasteiger partial charge in [0.15, 0.2) is 0 Å². The van der Waals surface area contributed by atoms with Gasteiger partial charge in [-0.2, -0.15) is 0 Å². The van der Waals surface area contributed by atoms with Gasteiger partial charge in [0, 0.05) is 24.8 Å². The lowest BCUT2D eigenvalue weighted by molar-refractivity contribution is 0.201. The van der Waals surface area contributed by atoms with Gasteiger partial charge in [-0.3, -0.25) is 0 Å². The minimum absolute atomic E-state index is 0.0289. The van der Waals surface area contributed by atoms with Gasteiger partial charge < -0.3 is 15.1 Å². The monoisotopic (exact) mass is 209 g/mol. The van der Waals surface area contributed by atoms with E-state index in [1.165, 1.54) is 0 Å². The first-order chi connectivity index (χ1) is 7.04. The third-order valence-electron chi connectivity index (χ3n) is 2.35. The number of aliphatic hydroxyl groups is 2. The molecule has 1 aromatic carbocycles. The molecule has 0 spiro atoms. The predicted molar refractivity (Wildman–Crippen MR) is 62.1 cm³/mol. The molecule has 0 aliphatic carbocycles. The molecule has 0 radical (unpaired) electrons. The number of anilines is 1. The highest BCUT2D eigenvalue weighted by Gasteiger charge is 2.08. The van der Waals surface area contributed by atoms with Crippen LogP contribution in [0.2, 0.25) is 0 Å². The minimum atomic E-state index is -0.372. The van der Waals surface area contributed by atoms with Crippen LogP contribution in [0.5, 0.6) is 0 Å². The maximum atomic E-state index is 9.30. The van der Waals surface area contributed by atoms with Crippen molar-refractivity contribution in [2.75, 3.05) is 18.5 Å². The zero-order chi connectivity index (χ0) is 11.4. The van der Waals surface area contributed by atoms with Gasteiger partial charge >= 0.3 is 0 Å². The molecule has 3 heteroatoms. The summed E-state index contributed by atoms with van der Waals surface area (Å²) in [7, 11) is 1.91. The fourth-order valence-corrected chi connectivity index (χ4v) is 1.71. The van der Waals surface area contributed by atoms with Crippen molar-refractivity contribution in [1.29, 1.82) is 0 Å². The number of aliphatic hydroxyl groups excluding tert-OH is 2. The molecule has 0 aliphatic rings. The number of rotatable bonds is 4. The number of hydrogen-bond acceptors (Lipinski definition) is 3. The van der Waals surface area contributed by atoms with E-state index in [9.17, 15) is 10.2 Å². The lowest BCUT2D eigenvalue weighted by atomic mass is 10.1. The van der Waals surface area contributed by atoms with Gasteiger partial charge in [-0.25, -0.2) is 0 Å². The zero-order valence-electron chi connectivity index (χ0n) is 9.57. The van der Waals surface area contributed by atoms with E-state index in [1.54, 1.807) is 6.92 Å². The van der Waals surface area contributed by atoms with Crippen LogP contribution in [0, 0.1) is 6.92 Å². The lowest BCUT2D eigenvalue weighted by Gasteiger charge is -2.23. The van der Waals surface area contributed by atoms with Crippen molar-refractivity contribution in [3.8, 4) is 0 Å². The number of hydrogen-bond donors (Lipinski definition) is 2. The molecule has 1 aromatic rings. The summed E-state index contributed by atoms with van der Waals surface area (Å²) in [5, 5.41) is 18.5. The van der Waals surface area contributed by atoms with Gasteiger partial charge in [-0.15, -0.1) is 0 Å². The summed E-state index contributed by atoms with van der Waals surface area (Å²) in [6, 6.07) is 5.95. The molecule has 15 heavy (non-hydrogen) atoms. The van der Waals surface area contributed by atoms with Crippen LogP contribution in [0.1, 0.15) is 18.1 Å². The van der Waals surface area contributed by atoms with Gasteiger partial charge in [0.25, 0.3) is 0 Å². The summed E-state index contributed by atoms with van der Waals surface area (Å²) in [6.07, 6.45) is -0.372. The van der Waals surface area contributed by atoms with Gasteiger partial charge in [0.05, 0.1) is 12.7 Å². The van der Waals surface area contributed by atoms with Crippen LogP contribution >= 0.6 is 0 Å². The third kappa shape index (κ3) is 3.22. The van der Waals surface area contributed by atoms with Crippen LogP contribution in [-0.2, 0) is 6.61 Å². The average Bonchev–Trinajstić information content (AvgIpc) is 2.16. The largest absolute Gasteiger partial charge is 0.392 e. The van der Waals surface area contributed by atoms with Crippen molar-refractivity contribution >= 4 is 5.69 Å². The molecule has 0 amide bonds. The molecule has 0 fully saturated rings. The molecular formula is C12H19NO2. The van der Waals surface area contributed by atoms with E-state index in [2.05, 4.69) is 0 Å². The normalized spacial score (nSPS) is 12.6. The SMILES string of the molecule is Cc1ccc(N(C)CC(C)O)c(CO)c1. The van der Waals surface area contributed by atoms with Gasteiger partial charge in [-0.05, 0) is 19.9 Å². The van der Waals surface area contributed by atoms with Gasteiger partial charge in [0.2, 0.25) is 0 Å². The van der Waals surface area contributed by atoms with Crippen LogP contribution in [0.3, 0.4) is 0 Å². The maximum absolute atomic E-state index is 9.30. The van der Waals surface area contributed by atoms with E-state index in [0.717, 1.165) is 16.8 Å². The Balaban J connectivity index is 2.92. The van der Waals surface area contributed by atoms with Crippen LogP contribution in [0.15, 0.2) is 18.2 Å². The number of likely N-dealkylation sites (N-methyl/N-ethyl adjacent to an activating group) is 1. The van der Waals surface area contributed by atoms with Crippen molar-refractivity contribution in [2.24, 2.45) is 0 Å². The summed E-state index contributed by atoms with van der Waals surface area (Å²) in [5.41, 5.74) is 3.01. The Labute approximate surface area is 91.0 Å². The second-order valence-corrected chi connectivity index (χ2v) is 4.02. The second-order valence-electron chi connectivity index (χ2n) is 4.02. The second kappa shape index (κ2) is 5.14. The summed E-state index contributed by atoms with van der Waals surface area (Å²) >= 11 is 0. The molecule has 1 unspecified atom stereocenters. The Bertz CT molecular complexity index is 323. The number of benzene rings is 1. The number of aryl methyl sites for hydroxylation is 1. The molecule has 0 bridgehead atoms. The molecule has 84 valence electrons. The first-order valence-corrected chi connectivity index (χ1v) is 5.14. The molecule has 2 N–H and O–H groups in total.